The van der Waals surface area contributed by atoms with Gasteiger partial charge in [0, 0.05) is 25.9 Å². The van der Waals surface area contributed by atoms with Crippen LogP contribution in [0.1, 0.15) is 6.42 Å². The highest BCUT2D eigenvalue weighted by molar-refractivity contribution is 5.86. The second kappa shape index (κ2) is 2.30. The molecule has 0 unspecified atom stereocenters. The van der Waals surface area contributed by atoms with Crippen LogP contribution in [0.2, 0.25) is 0 Å². The van der Waals surface area contributed by atoms with Crippen LogP contribution in [0.15, 0.2) is 16.2 Å². The van der Waals surface area contributed by atoms with Crippen molar-refractivity contribution < 1.29 is 0 Å². The van der Waals surface area contributed by atoms with Crippen LogP contribution in [-0.2, 0) is 7.05 Å². The Kier molecular flexibility index (Phi) is 1.31. The van der Waals surface area contributed by atoms with Gasteiger partial charge in [0.1, 0.15) is 5.69 Å². The average Bonchev–Trinajstić information content (AvgIpc) is 2.25. The van der Waals surface area contributed by atoms with E-state index in [-0.39, 0.29) is 0 Å². The SMILES string of the molecule is Cn1ncc2c1N=CCC=N2. The van der Waals surface area contributed by atoms with E-state index in [1.165, 1.54) is 0 Å². The van der Waals surface area contributed by atoms with Gasteiger partial charge >= 0.3 is 0 Å². The molecule has 0 saturated carbocycles. The van der Waals surface area contributed by atoms with E-state index in [4.69, 9.17) is 0 Å². The van der Waals surface area contributed by atoms with E-state index < -0.39 is 0 Å². The minimum atomic E-state index is 0.800. The van der Waals surface area contributed by atoms with E-state index in [0.29, 0.717) is 0 Å². The first-order valence-corrected chi connectivity index (χ1v) is 3.45. The highest BCUT2D eigenvalue weighted by Crippen LogP contribution is 2.26. The molecule has 0 bridgehead atoms. The molecule has 0 radical (unpaired) electrons. The van der Waals surface area contributed by atoms with Crippen molar-refractivity contribution >= 4 is 23.9 Å². The van der Waals surface area contributed by atoms with E-state index in [1.54, 1.807) is 10.9 Å². The molecule has 0 aromatic carbocycles. The summed E-state index contributed by atoms with van der Waals surface area (Å²) in [6, 6.07) is 0. The van der Waals surface area contributed by atoms with E-state index in [0.717, 1.165) is 17.9 Å². The van der Waals surface area contributed by atoms with Crippen LogP contribution in [0.3, 0.4) is 0 Å². The maximum Gasteiger partial charge on any atom is 0.176 e. The van der Waals surface area contributed by atoms with Crippen molar-refractivity contribution in [3.63, 3.8) is 0 Å². The summed E-state index contributed by atoms with van der Waals surface area (Å²) in [5, 5.41) is 4.03. The summed E-state index contributed by atoms with van der Waals surface area (Å²) in [5.74, 6) is 0.832. The summed E-state index contributed by atoms with van der Waals surface area (Å²) in [6.45, 7) is 0. The summed E-state index contributed by atoms with van der Waals surface area (Å²) in [4.78, 5) is 8.37. The van der Waals surface area contributed by atoms with Gasteiger partial charge in [0.15, 0.2) is 5.82 Å². The average molecular weight is 148 g/mol. The van der Waals surface area contributed by atoms with Crippen LogP contribution in [-0.4, -0.2) is 22.2 Å². The third kappa shape index (κ3) is 0.960. The van der Waals surface area contributed by atoms with Crippen LogP contribution in [0.4, 0.5) is 11.5 Å². The minimum Gasteiger partial charge on any atom is -0.255 e. The van der Waals surface area contributed by atoms with Crippen molar-refractivity contribution in [2.45, 2.75) is 6.42 Å². The van der Waals surface area contributed by atoms with Crippen molar-refractivity contribution in [3.8, 4) is 0 Å². The largest absolute Gasteiger partial charge is 0.255 e. The molecule has 1 aliphatic rings. The highest BCUT2D eigenvalue weighted by atomic mass is 15.3. The van der Waals surface area contributed by atoms with Gasteiger partial charge in [-0.1, -0.05) is 0 Å². The zero-order chi connectivity index (χ0) is 7.68. The Hall–Kier alpha value is -1.45. The van der Waals surface area contributed by atoms with Crippen molar-refractivity contribution in [2.24, 2.45) is 17.0 Å². The van der Waals surface area contributed by atoms with Crippen molar-refractivity contribution in [1.29, 1.82) is 0 Å². The lowest BCUT2D eigenvalue weighted by molar-refractivity contribution is 0.771. The van der Waals surface area contributed by atoms with Crippen LogP contribution >= 0.6 is 0 Å². The predicted molar refractivity (Wildman–Crippen MR) is 44.1 cm³/mol. The van der Waals surface area contributed by atoms with Gasteiger partial charge in [-0.15, -0.1) is 0 Å². The Morgan fingerprint density at radius 3 is 3.09 bits per heavy atom. The number of hydrogen-bond donors (Lipinski definition) is 0. The monoisotopic (exact) mass is 148 g/mol. The normalized spacial score (nSPS) is 14.6. The summed E-state index contributed by atoms with van der Waals surface area (Å²) in [6.07, 6.45) is 6.18. The number of nitrogens with zero attached hydrogens (tertiary/aromatic N) is 4. The van der Waals surface area contributed by atoms with Gasteiger partial charge in [-0.2, -0.15) is 5.10 Å². The Morgan fingerprint density at radius 2 is 2.18 bits per heavy atom. The van der Waals surface area contributed by atoms with Gasteiger partial charge < -0.3 is 0 Å². The quantitative estimate of drug-likeness (QED) is 0.545. The van der Waals surface area contributed by atoms with Gasteiger partial charge in [-0.25, -0.2) is 9.67 Å². The molecule has 0 saturated heterocycles. The number of rotatable bonds is 0. The predicted octanol–water partition coefficient (Wildman–Crippen LogP) is 1.23. The molecule has 1 aromatic rings. The fraction of sp³-hybridized carbons (Fsp3) is 0.286. The fourth-order valence-electron chi connectivity index (χ4n) is 0.998. The number of hydrogen-bond acceptors (Lipinski definition) is 3. The van der Waals surface area contributed by atoms with Gasteiger partial charge in [-0.3, -0.25) is 4.99 Å². The van der Waals surface area contributed by atoms with Crippen molar-refractivity contribution in [3.05, 3.63) is 6.20 Å². The maximum atomic E-state index is 4.20. The lowest BCUT2D eigenvalue weighted by Gasteiger charge is -1.92. The molecule has 56 valence electrons. The molecule has 1 aromatic heterocycles. The summed E-state index contributed by atoms with van der Waals surface area (Å²) in [7, 11) is 1.86. The molecule has 0 N–H and O–H groups in total. The van der Waals surface area contributed by atoms with Crippen LogP contribution in [0.5, 0.6) is 0 Å². The Balaban J connectivity index is 2.60. The van der Waals surface area contributed by atoms with E-state index in [9.17, 15) is 0 Å². The molecule has 1 aliphatic heterocycles. The molecule has 11 heavy (non-hydrogen) atoms. The molecule has 0 fully saturated rings. The summed E-state index contributed by atoms with van der Waals surface area (Å²) < 4.78 is 1.72. The van der Waals surface area contributed by atoms with Crippen LogP contribution in [0, 0.1) is 0 Å². The molecule has 0 atom stereocenters. The van der Waals surface area contributed by atoms with Gasteiger partial charge in [0.05, 0.1) is 6.20 Å². The van der Waals surface area contributed by atoms with Gasteiger partial charge in [0.25, 0.3) is 0 Å². The standard InChI is InChI=1S/C7H8N4/c1-11-7-6(5-10-11)8-3-2-4-9-7/h3-5H,2H2,1H3. The fourth-order valence-corrected chi connectivity index (χ4v) is 0.998. The molecule has 0 spiro atoms. The number of aryl methyl sites for hydroxylation is 1. The molecular weight excluding hydrogens is 140 g/mol. The highest BCUT2D eigenvalue weighted by Gasteiger charge is 2.05. The summed E-state index contributed by atoms with van der Waals surface area (Å²) in [5.41, 5.74) is 0.848. The second-order valence-electron chi connectivity index (χ2n) is 2.34. The number of aromatic nitrogens is 2. The van der Waals surface area contributed by atoms with E-state index >= 15 is 0 Å². The minimum absolute atomic E-state index is 0.800. The summed E-state index contributed by atoms with van der Waals surface area (Å²) >= 11 is 0. The third-order valence-electron chi connectivity index (χ3n) is 1.54. The zero-order valence-corrected chi connectivity index (χ0v) is 6.23. The molecule has 4 nitrogen and oxygen atoms in total. The molecule has 2 heterocycles. The van der Waals surface area contributed by atoms with Crippen molar-refractivity contribution in [1.82, 2.24) is 9.78 Å². The number of aliphatic imine (C=N–C) groups is 2. The molecule has 4 heteroatoms. The van der Waals surface area contributed by atoms with Crippen LogP contribution in [0.25, 0.3) is 0 Å². The lowest BCUT2D eigenvalue weighted by atomic mass is 10.5. The molecular formula is C7H8N4. The Morgan fingerprint density at radius 1 is 1.36 bits per heavy atom. The van der Waals surface area contributed by atoms with E-state index in [2.05, 4.69) is 15.1 Å². The molecule has 0 aliphatic carbocycles. The van der Waals surface area contributed by atoms with Gasteiger partial charge in [-0.05, 0) is 0 Å². The molecule has 2 rings (SSSR count). The second-order valence-corrected chi connectivity index (χ2v) is 2.34. The zero-order valence-electron chi connectivity index (χ0n) is 6.23. The Bertz CT molecular complexity index is 321. The van der Waals surface area contributed by atoms with Crippen molar-refractivity contribution in [2.75, 3.05) is 0 Å². The first kappa shape index (κ1) is 6.27. The first-order chi connectivity index (χ1) is 5.38. The Labute approximate surface area is 64.3 Å². The smallest absolute Gasteiger partial charge is 0.176 e. The van der Waals surface area contributed by atoms with E-state index in [1.807, 2.05) is 19.5 Å². The topological polar surface area (TPSA) is 42.5 Å². The first-order valence-electron chi connectivity index (χ1n) is 3.45. The van der Waals surface area contributed by atoms with Crippen LogP contribution < -0.4 is 0 Å². The maximum absolute atomic E-state index is 4.20. The number of fused-ring (bicyclic) bond motifs is 1. The van der Waals surface area contributed by atoms with Gasteiger partial charge in [0.2, 0.25) is 0 Å². The molecule has 0 amide bonds. The lowest BCUT2D eigenvalue weighted by Crippen LogP contribution is -1.87. The third-order valence-corrected chi connectivity index (χ3v) is 1.54.